The fourth-order valence-corrected chi connectivity index (χ4v) is 3.15. The number of hydrogen-bond donors (Lipinski definition) is 2. The van der Waals surface area contributed by atoms with E-state index >= 15 is 0 Å². The molecule has 126 valence electrons. The third-order valence-electron chi connectivity index (χ3n) is 4.08. The quantitative estimate of drug-likeness (QED) is 0.809. The van der Waals surface area contributed by atoms with Crippen LogP contribution in [0.5, 0.6) is 0 Å². The predicted molar refractivity (Wildman–Crippen MR) is 89.0 cm³/mol. The summed E-state index contributed by atoms with van der Waals surface area (Å²) in [7, 11) is -3.70. The second-order valence-corrected chi connectivity index (χ2v) is 7.48. The number of aliphatic hydroxyl groups is 1. The highest BCUT2D eigenvalue weighted by molar-refractivity contribution is 7.89. The molecule has 1 aromatic carbocycles. The minimum absolute atomic E-state index is 0.0158. The summed E-state index contributed by atoms with van der Waals surface area (Å²) in [6, 6.07) is 7.62. The largest absolute Gasteiger partial charge is 0.389 e. The lowest BCUT2D eigenvalue weighted by atomic mass is 9.98. The molecule has 6 nitrogen and oxygen atoms in total. The van der Waals surface area contributed by atoms with Crippen molar-refractivity contribution in [3.63, 3.8) is 0 Å². The Morgan fingerprint density at radius 3 is 2.39 bits per heavy atom. The Morgan fingerprint density at radius 1 is 1.22 bits per heavy atom. The van der Waals surface area contributed by atoms with E-state index in [9.17, 15) is 13.5 Å². The molecule has 0 aliphatic heterocycles. The maximum atomic E-state index is 12.3. The van der Waals surface area contributed by atoms with Crippen LogP contribution in [0.3, 0.4) is 0 Å². The molecule has 0 fully saturated rings. The molecular formula is C16H23N3O3S. The number of aromatic nitrogens is 2. The summed E-state index contributed by atoms with van der Waals surface area (Å²) >= 11 is 0. The number of nitrogens with zero attached hydrogens (tertiary/aromatic N) is 2. The van der Waals surface area contributed by atoms with Gasteiger partial charge in [-0.1, -0.05) is 31.5 Å². The minimum atomic E-state index is -3.70. The highest BCUT2D eigenvalue weighted by Crippen LogP contribution is 2.16. The van der Waals surface area contributed by atoms with Gasteiger partial charge in [0.05, 0.1) is 23.7 Å². The Morgan fingerprint density at radius 2 is 1.83 bits per heavy atom. The van der Waals surface area contributed by atoms with Crippen LogP contribution in [0, 0.1) is 6.92 Å². The van der Waals surface area contributed by atoms with Crippen LogP contribution in [0.4, 0.5) is 0 Å². The van der Waals surface area contributed by atoms with E-state index in [1.165, 1.54) is 17.1 Å². The summed E-state index contributed by atoms with van der Waals surface area (Å²) in [5.41, 5.74) is 0.879. The molecule has 0 aliphatic rings. The van der Waals surface area contributed by atoms with E-state index in [1.807, 2.05) is 45.0 Å². The van der Waals surface area contributed by atoms with Gasteiger partial charge in [-0.05, 0) is 31.9 Å². The van der Waals surface area contributed by atoms with Crippen molar-refractivity contribution < 1.29 is 13.5 Å². The smallest absolute Gasteiger partial charge is 0.243 e. The lowest BCUT2D eigenvalue weighted by Crippen LogP contribution is -2.41. The van der Waals surface area contributed by atoms with Gasteiger partial charge in [0.2, 0.25) is 10.0 Å². The number of benzene rings is 1. The van der Waals surface area contributed by atoms with Crippen LogP contribution < -0.4 is 4.72 Å². The van der Waals surface area contributed by atoms with Gasteiger partial charge in [-0.2, -0.15) is 5.10 Å². The van der Waals surface area contributed by atoms with Gasteiger partial charge in [0, 0.05) is 6.54 Å². The Hall–Kier alpha value is -1.70. The lowest BCUT2D eigenvalue weighted by Gasteiger charge is -2.25. The van der Waals surface area contributed by atoms with E-state index in [4.69, 9.17) is 0 Å². The lowest BCUT2D eigenvalue weighted by molar-refractivity contribution is 0.0377. The summed E-state index contributed by atoms with van der Waals surface area (Å²) in [6.45, 7) is 5.62. The van der Waals surface area contributed by atoms with Crippen LogP contribution in [-0.4, -0.2) is 35.5 Å². The van der Waals surface area contributed by atoms with E-state index in [1.54, 1.807) is 0 Å². The molecule has 2 N–H and O–H groups in total. The first-order chi connectivity index (χ1) is 10.8. The van der Waals surface area contributed by atoms with E-state index < -0.39 is 15.6 Å². The van der Waals surface area contributed by atoms with Crippen molar-refractivity contribution in [1.29, 1.82) is 0 Å². The van der Waals surface area contributed by atoms with Gasteiger partial charge in [-0.25, -0.2) is 17.8 Å². The number of aryl methyl sites for hydroxylation is 1. The summed E-state index contributed by atoms with van der Waals surface area (Å²) in [6.07, 6.45) is 3.73. The van der Waals surface area contributed by atoms with Crippen LogP contribution in [-0.2, 0) is 10.0 Å². The third-order valence-corrected chi connectivity index (χ3v) is 5.43. The molecule has 0 atom stereocenters. The molecule has 0 saturated heterocycles. The molecule has 0 amide bonds. The SMILES string of the molecule is CCC(O)(CC)CNS(=O)(=O)c1cnn(-c2ccc(C)cc2)c1. The van der Waals surface area contributed by atoms with Crippen LogP contribution in [0.15, 0.2) is 41.6 Å². The average Bonchev–Trinajstić information content (AvgIpc) is 3.04. The molecule has 0 aliphatic carbocycles. The zero-order valence-corrected chi connectivity index (χ0v) is 14.5. The number of rotatable bonds is 7. The average molecular weight is 337 g/mol. The van der Waals surface area contributed by atoms with E-state index in [0.29, 0.717) is 12.8 Å². The van der Waals surface area contributed by atoms with Gasteiger partial charge in [-0.15, -0.1) is 0 Å². The maximum Gasteiger partial charge on any atom is 0.243 e. The monoisotopic (exact) mass is 337 g/mol. The molecule has 23 heavy (non-hydrogen) atoms. The molecule has 2 rings (SSSR count). The number of nitrogens with one attached hydrogen (secondary N) is 1. The van der Waals surface area contributed by atoms with Gasteiger partial charge < -0.3 is 5.11 Å². The van der Waals surface area contributed by atoms with Crippen LogP contribution >= 0.6 is 0 Å². The Bertz CT molecular complexity index is 747. The molecule has 0 unspecified atom stereocenters. The molecule has 0 radical (unpaired) electrons. The molecule has 1 heterocycles. The van der Waals surface area contributed by atoms with Gasteiger partial charge in [-0.3, -0.25) is 0 Å². The van der Waals surface area contributed by atoms with Crippen LogP contribution in [0.25, 0.3) is 5.69 Å². The fraction of sp³-hybridized carbons (Fsp3) is 0.438. The Kier molecular flexibility index (Phi) is 5.23. The van der Waals surface area contributed by atoms with Crippen molar-refractivity contribution in [3.8, 4) is 5.69 Å². The normalized spacial score (nSPS) is 12.5. The van der Waals surface area contributed by atoms with Gasteiger partial charge in [0.15, 0.2) is 0 Å². The van der Waals surface area contributed by atoms with E-state index in [0.717, 1.165) is 11.3 Å². The van der Waals surface area contributed by atoms with Crippen molar-refractivity contribution in [2.45, 2.75) is 44.1 Å². The molecule has 0 saturated carbocycles. The van der Waals surface area contributed by atoms with Gasteiger partial charge in [0.1, 0.15) is 4.90 Å². The first kappa shape index (κ1) is 17.7. The Labute approximate surface area is 137 Å². The van der Waals surface area contributed by atoms with Gasteiger partial charge >= 0.3 is 0 Å². The van der Waals surface area contributed by atoms with Crippen molar-refractivity contribution in [2.24, 2.45) is 0 Å². The molecule has 7 heteroatoms. The molecule has 0 bridgehead atoms. The maximum absolute atomic E-state index is 12.3. The highest BCUT2D eigenvalue weighted by Gasteiger charge is 2.26. The first-order valence-electron chi connectivity index (χ1n) is 7.63. The fourth-order valence-electron chi connectivity index (χ4n) is 2.10. The predicted octanol–water partition coefficient (Wildman–Crippen LogP) is 2.01. The molecule has 2 aromatic rings. The van der Waals surface area contributed by atoms with Crippen molar-refractivity contribution in [2.75, 3.05) is 6.54 Å². The molecular weight excluding hydrogens is 314 g/mol. The summed E-state index contributed by atoms with van der Waals surface area (Å²) in [5, 5.41) is 14.3. The first-order valence-corrected chi connectivity index (χ1v) is 9.12. The highest BCUT2D eigenvalue weighted by atomic mass is 32.2. The van der Waals surface area contributed by atoms with Crippen molar-refractivity contribution in [1.82, 2.24) is 14.5 Å². The molecule has 0 spiro atoms. The third kappa shape index (κ3) is 4.19. The van der Waals surface area contributed by atoms with Crippen LogP contribution in [0.2, 0.25) is 0 Å². The minimum Gasteiger partial charge on any atom is -0.389 e. The van der Waals surface area contributed by atoms with Gasteiger partial charge in [0.25, 0.3) is 0 Å². The van der Waals surface area contributed by atoms with E-state index in [-0.39, 0.29) is 11.4 Å². The zero-order valence-electron chi connectivity index (χ0n) is 13.7. The van der Waals surface area contributed by atoms with Crippen molar-refractivity contribution in [3.05, 3.63) is 42.2 Å². The summed E-state index contributed by atoms with van der Waals surface area (Å²) in [5.74, 6) is 0. The second kappa shape index (κ2) is 6.82. The van der Waals surface area contributed by atoms with Crippen molar-refractivity contribution >= 4 is 10.0 Å². The number of sulfonamides is 1. The van der Waals surface area contributed by atoms with Crippen LogP contribution in [0.1, 0.15) is 32.3 Å². The standard InChI is InChI=1S/C16H23N3O3S/c1-4-16(20,5-2)12-18-23(21,22)15-10-17-19(11-15)14-8-6-13(3)7-9-14/h6-11,18,20H,4-5,12H2,1-3H3. The Balaban J connectivity index is 2.17. The summed E-state index contributed by atoms with van der Waals surface area (Å²) < 4.78 is 28.6. The summed E-state index contributed by atoms with van der Waals surface area (Å²) in [4.78, 5) is 0.0765. The molecule has 1 aromatic heterocycles. The number of hydrogen-bond acceptors (Lipinski definition) is 4. The topological polar surface area (TPSA) is 84.2 Å². The van der Waals surface area contributed by atoms with E-state index in [2.05, 4.69) is 9.82 Å². The second-order valence-electron chi connectivity index (χ2n) is 5.71. The zero-order chi connectivity index (χ0) is 17.1.